The van der Waals surface area contributed by atoms with Crippen LogP contribution in [0.15, 0.2) is 166 Å². The van der Waals surface area contributed by atoms with E-state index in [2.05, 4.69) is 20.0 Å². The molecule has 0 aliphatic rings. The molecule has 10 nitrogen and oxygen atoms in total. The van der Waals surface area contributed by atoms with Crippen LogP contribution in [0.1, 0.15) is 45.7 Å². The topological polar surface area (TPSA) is 182 Å². The van der Waals surface area contributed by atoms with Crippen LogP contribution in [0.2, 0.25) is 0 Å². The summed E-state index contributed by atoms with van der Waals surface area (Å²) >= 11 is 0. The van der Waals surface area contributed by atoms with Gasteiger partial charge in [-0.1, -0.05) is 84.9 Å². The molecule has 11 heteroatoms. The van der Waals surface area contributed by atoms with Crippen molar-refractivity contribution >= 4 is 24.9 Å². The van der Waals surface area contributed by atoms with Crippen LogP contribution >= 0.6 is 0 Å². The molecule has 0 aliphatic carbocycles. The zero-order valence-electron chi connectivity index (χ0n) is 28.5. The van der Waals surface area contributed by atoms with E-state index in [0.29, 0.717) is 56.4 Å². The van der Waals surface area contributed by atoms with Crippen LogP contribution < -0.4 is 0 Å². The fourth-order valence-electron chi connectivity index (χ4n) is 4.85. The van der Waals surface area contributed by atoms with Crippen molar-refractivity contribution in [3.05, 3.63) is 179 Å². The molecule has 264 valence electrons. The molecule has 0 aliphatic heterocycles. The minimum Gasteiger partial charge on any atom is -0.593 e. The minimum atomic E-state index is -0.671. The Balaban J connectivity index is 0.000000232. The normalized spacial score (nSPS) is 11.9. The number of aromatic hydroxyl groups is 2. The molecule has 0 bridgehead atoms. The number of benzene rings is 6. The van der Waals surface area contributed by atoms with Crippen molar-refractivity contribution in [2.75, 3.05) is 0 Å². The SMILES string of the molecule is Oc1ccccc1C(/N=C/c1ccccc1[OH2+])/N=C/c1ccccc1[OH2+].Oc1ccccc1C(/N=C\c1ccccc1[OH2+])/N=C/c1ccccc1[OH2+].[Zr]. The summed E-state index contributed by atoms with van der Waals surface area (Å²) in [6.07, 6.45) is 5.00. The molecule has 0 amide bonds. The maximum atomic E-state index is 10.2. The van der Waals surface area contributed by atoms with Gasteiger partial charge in [-0.2, -0.15) is 0 Å². The Morgan fingerprint density at radius 2 is 0.585 bits per heavy atom. The number of aliphatic imine (C=N–C) groups is 4. The monoisotopic (exact) mass is 786 g/mol. The van der Waals surface area contributed by atoms with E-state index < -0.39 is 12.3 Å². The first-order chi connectivity index (χ1) is 25.3. The summed E-state index contributed by atoms with van der Waals surface area (Å²) in [4.78, 5) is 17.9. The number of para-hydroxylation sites is 6. The second kappa shape index (κ2) is 19.9. The van der Waals surface area contributed by atoms with E-state index in [1.54, 1.807) is 134 Å². The molecule has 53 heavy (non-hydrogen) atoms. The van der Waals surface area contributed by atoms with E-state index in [9.17, 15) is 10.2 Å². The summed E-state index contributed by atoms with van der Waals surface area (Å²) < 4.78 is 0. The third kappa shape index (κ3) is 11.3. The molecule has 0 fully saturated rings. The predicted molar refractivity (Wildman–Crippen MR) is 210 cm³/mol. The van der Waals surface area contributed by atoms with Crippen LogP contribution in [0.3, 0.4) is 0 Å². The van der Waals surface area contributed by atoms with Crippen molar-refractivity contribution < 1.29 is 56.8 Å². The second-order valence-electron chi connectivity index (χ2n) is 11.3. The molecule has 6 rings (SSSR count). The third-order valence-corrected chi connectivity index (χ3v) is 7.69. The van der Waals surface area contributed by atoms with E-state index >= 15 is 0 Å². The van der Waals surface area contributed by atoms with Crippen molar-refractivity contribution in [1.82, 2.24) is 0 Å². The number of rotatable bonds is 10. The number of phenolic OH excluding ortho intramolecular Hbond substituents is 2. The van der Waals surface area contributed by atoms with Gasteiger partial charge >= 0.3 is 0 Å². The van der Waals surface area contributed by atoms with Crippen molar-refractivity contribution in [3.63, 3.8) is 0 Å². The molecule has 0 radical (unpaired) electrons. The molecule has 0 saturated heterocycles. The van der Waals surface area contributed by atoms with Crippen LogP contribution in [0.4, 0.5) is 0 Å². The van der Waals surface area contributed by atoms with Gasteiger partial charge in [0, 0.05) is 86.5 Å². The average molecular weight is 788 g/mol. The van der Waals surface area contributed by atoms with Crippen LogP contribution in [-0.2, 0) is 26.2 Å². The van der Waals surface area contributed by atoms with E-state index in [1.165, 1.54) is 0 Å². The molecule has 0 aromatic heterocycles. The van der Waals surface area contributed by atoms with Crippen molar-refractivity contribution in [3.8, 4) is 34.5 Å². The fraction of sp³-hybridized carbons (Fsp3) is 0.0476. The summed E-state index contributed by atoms with van der Waals surface area (Å²) in [6.45, 7) is 0. The van der Waals surface area contributed by atoms with E-state index in [1.807, 2.05) is 36.4 Å². The van der Waals surface area contributed by atoms with Gasteiger partial charge in [0.2, 0.25) is 0 Å². The van der Waals surface area contributed by atoms with Gasteiger partial charge in [-0.25, -0.2) is 0 Å². The Kier molecular flexibility index (Phi) is 14.8. The largest absolute Gasteiger partial charge is 0.593 e. The van der Waals surface area contributed by atoms with E-state index in [-0.39, 0.29) is 37.7 Å². The molecule has 6 aromatic rings. The van der Waals surface area contributed by atoms with Gasteiger partial charge in [0.1, 0.15) is 11.5 Å². The zero-order valence-corrected chi connectivity index (χ0v) is 31.0. The minimum absolute atomic E-state index is 0. The second-order valence-corrected chi connectivity index (χ2v) is 11.3. The molecular formula is C42H40N4O6Zr+4. The standard InChI is InChI=1S/2C21H18N2O3.Zr/c2*24-18-10-4-1-7-15(18)13-22-21(17-9-3-6-12-20(17)26)23-14-16-8-2-5-11-19(16)25;/h2*1-14,21,24-26H;/p+4/b22-13+,23-14+;22-13-,23-14+;. The number of nitrogens with zero attached hydrogens (tertiary/aromatic N) is 4. The molecular weight excluding hydrogens is 748 g/mol. The van der Waals surface area contributed by atoms with Crippen LogP contribution in [0.25, 0.3) is 0 Å². The summed E-state index contributed by atoms with van der Waals surface area (Å²) in [5.41, 5.74) is 3.80. The molecule has 0 spiro atoms. The van der Waals surface area contributed by atoms with Crippen LogP contribution in [0.5, 0.6) is 34.5 Å². The van der Waals surface area contributed by atoms with E-state index in [4.69, 9.17) is 20.4 Å². The van der Waals surface area contributed by atoms with Gasteiger partial charge in [0.15, 0.2) is 12.3 Å². The first kappa shape index (κ1) is 39.5. The Morgan fingerprint density at radius 3 is 0.830 bits per heavy atom. The molecule has 1 atom stereocenters. The Morgan fingerprint density at radius 1 is 0.358 bits per heavy atom. The predicted octanol–water partition coefficient (Wildman–Crippen LogP) is 7.01. The van der Waals surface area contributed by atoms with Gasteiger partial charge in [-0.3, -0.25) is 20.0 Å². The Hall–Kier alpha value is -6.32. The molecule has 1 unspecified atom stereocenters. The van der Waals surface area contributed by atoms with Crippen molar-refractivity contribution in [2.24, 2.45) is 20.0 Å². The maximum absolute atomic E-state index is 10.2. The molecule has 6 aromatic carbocycles. The summed E-state index contributed by atoms with van der Waals surface area (Å²) in [5, 5.41) is 52.0. The van der Waals surface area contributed by atoms with Gasteiger partial charge in [0.05, 0.1) is 22.3 Å². The fourth-order valence-corrected chi connectivity index (χ4v) is 4.85. The maximum Gasteiger partial charge on any atom is 0.262 e. The zero-order chi connectivity index (χ0) is 36.7. The summed E-state index contributed by atoms with van der Waals surface area (Å²) in [7, 11) is 0. The van der Waals surface area contributed by atoms with Crippen LogP contribution in [0, 0.1) is 0 Å². The average Bonchev–Trinajstić information content (AvgIpc) is 3.15. The first-order valence-corrected chi connectivity index (χ1v) is 16.2. The van der Waals surface area contributed by atoms with Crippen molar-refractivity contribution in [1.29, 1.82) is 0 Å². The quantitative estimate of drug-likeness (QED) is 0.112. The smallest absolute Gasteiger partial charge is 0.262 e. The van der Waals surface area contributed by atoms with Gasteiger partial charge in [-0.05, 0) is 36.4 Å². The van der Waals surface area contributed by atoms with E-state index in [0.717, 1.165) is 0 Å². The van der Waals surface area contributed by atoms with Gasteiger partial charge in [0.25, 0.3) is 23.0 Å². The summed E-state index contributed by atoms with van der Waals surface area (Å²) in [5.74, 6) is 1.68. The number of hydrogen-bond acceptors (Lipinski definition) is 6. The molecule has 0 saturated carbocycles. The van der Waals surface area contributed by atoms with Gasteiger partial charge in [-0.15, -0.1) is 0 Å². The Labute approximate surface area is 326 Å². The third-order valence-electron chi connectivity index (χ3n) is 7.69. The van der Waals surface area contributed by atoms with Crippen molar-refractivity contribution in [2.45, 2.75) is 12.3 Å². The first-order valence-electron chi connectivity index (χ1n) is 16.2. The molecule has 10 N–H and O–H groups in total. The molecule has 0 heterocycles. The Bertz CT molecular complexity index is 1960. The van der Waals surface area contributed by atoms with Crippen LogP contribution in [-0.4, -0.2) is 55.5 Å². The number of hydrogen-bond donors (Lipinski definition) is 2. The van der Waals surface area contributed by atoms with Gasteiger partial charge < -0.3 is 30.6 Å². The number of phenols is 2. The summed E-state index contributed by atoms with van der Waals surface area (Å²) in [6, 6.07) is 42.3.